The van der Waals surface area contributed by atoms with Crippen molar-refractivity contribution in [2.45, 2.75) is 30.2 Å². The van der Waals surface area contributed by atoms with Crippen LogP contribution in [0.1, 0.15) is 18.1 Å². The smallest absolute Gasteiger partial charge is 0.124 e. The van der Waals surface area contributed by atoms with Gasteiger partial charge in [-0.25, -0.2) is 4.39 Å². The molecule has 100 valence electrons. The second kappa shape index (κ2) is 6.73. The summed E-state index contributed by atoms with van der Waals surface area (Å²) < 4.78 is 13.6. The second-order valence-corrected chi connectivity index (χ2v) is 5.64. The Hall–Kier alpha value is -1.32. The van der Waals surface area contributed by atoms with Gasteiger partial charge in [-0.3, -0.25) is 0 Å². The first-order valence-corrected chi connectivity index (χ1v) is 7.23. The molecule has 0 fully saturated rings. The third-order valence-corrected chi connectivity index (χ3v) is 3.70. The molecule has 2 aromatic carbocycles. The molecule has 0 spiro atoms. The lowest BCUT2D eigenvalue weighted by Crippen LogP contribution is -2.11. The van der Waals surface area contributed by atoms with Crippen LogP contribution in [-0.4, -0.2) is 6.54 Å². The maximum absolute atomic E-state index is 13.6. The van der Waals surface area contributed by atoms with Crippen LogP contribution in [0.5, 0.6) is 0 Å². The average Bonchev–Trinajstić information content (AvgIpc) is 2.35. The Morgan fingerprint density at radius 3 is 2.68 bits per heavy atom. The van der Waals surface area contributed by atoms with E-state index in [4.69, 9.17) is 0 Å². The normalized spacial score (nSPS) is 10.7. The molecule has 1 nitrogen and oxygen atoms in total. The SMILES string of the molecule is CCNCc1cc(F)cc(Sc2cccc(C)c2)c1. The van der Waals surface area contributed by atoms with Crippen LogP contribution in [0.3, 0.4) is 0 Å². The van der Waals surface area contributed by atoms with Crippen LogP contribution in [0.2, 0.25) is 0 Å². The number of nitrogens with one attached hydrogen (secondary N) is 1. The zero-order valence-electron chi connectivity index (χ0n) is 11.2. The van der Waals surface area contributed by atoms with Gasteiger partial charge in [-0.2, -0.15) is 0 Å². The quantitative estimate of drug-likeness (QED) is 0.868. The second-order valence-electron chi connectivity index (χ2n) is 4.49. The van der Waals surface area contributed by atoms with Gasteiger partial charge >= 0.3 is 0 Å². The van der Waals surface area contributed by atoms with Gasteiger partial charge in [-0.05, 0) is 49.4 Å². The monoisotopic (exact) mass is 275 g/mol. The highest BCUT2D eigenvalue weighted by Gasteiger charge is 2.03. The van der Waals surface area contributed by atoms with Crippen molar-refractivity contribution in [2.75, 3.05) is 6.54 Å². The minimum Gasteiger partial charge on any atom is -0.313 e. The largest absolute Gasteiger partial charge is 0.313 e. The summed E-state index contributed by atoms with van der Waals surface area (Å²) >= 11 is 1.60. The fourth-order valence-electron chi connectivity index (χ4n) is 1.87. The molecule has 0 amide bonds. The standard InChI is InChI=1S/C16H18FNS/c1-3-18-11-13-8-14(17)10-16(9-13)19-15-6-4-5-12(2)7-15/h4-10,18H,3,11H2,1-2H3. The molecule has 0 heterocycles. The summed E-state index contributed by atoms with van der Waals surface area (Å²) in [6.07, 6.45) is 0. The molecule has 2 aromatic rings. The molecule has 0 unspecified atom stereocenters. The highest BCUT2D eigenvalue weighted by atomic mass is 32.2. The Bertz CT molecular complexity index is 554. The first-order chi connectivity index (χ1) is 9.17. The van der Waals surface area contributed by atoms with Crippen LogP contribution in [-0.2, 0) is 6.54 Å². The summed E-state index contributed by atoms with van der Waals surface area (Å²) in [5.41, 5.74) is 2.20. The van der Waals surface area contributed by atoms with Gasteiger partial charge in [0.1, 0.15) is 5.82 Å². The van der Waals surface area contributed by atoms with E-state index < -0.39 is 0 Å². The number of hydrogen-bond donors (Lipinski definition) is 1. The highest BCUT2D eigenvalue weighted by molar-refractivity contribution is 7.99. The molecule has 2 rings (SSSR count). The van der Waals surface area contributed by atoms with Crippen LogP contribution < -0.4 is 5.32 Å². The summed E-state index contributed by atoms with van der Waals surface area (Å²) in [6.45, 7) is 5.69. The van der Waals surface area contributed by atoms with Crippen molar-refractivity contribution in [3.05, 3.63) is 59.4 Å². The van der Waals surface area contributed by atoms with E-state index >= 15 is 0 Å². The average molecular weight is 275 g/mol. The minimum atomic E-state index is -0.175. The van der Waals surface area contributed by atoms with Gasteiger partial charge in [-0.1, -0.05) is 36.4 Å². The van der Waals surface area contributed by atoms with Crippen molar-refractivity contribution >= 4 is 11.8 Å². The van der Waals surface area contributed by atoms with Crippen molar-refractivity contribution in [3.63, 3.8) is 0 Å². The van der Waals surface area contributed by atoms with Crippen LogP contribution in [0, 0.1) is 12.7 Å². The van der Waals surface area contributed by atoms with E-state index in [0.717, 1.165) is 21.9 Å². The zero-order valence-corrected chi connectivity index (χ0v) is 12.1. The molecule has 0 aliphatic heterocycles. The zero-order chi connectivity index (χ0) is 13.7. The molecular weight excluding hydrogens is 257 g/mol. The van der Waals surface area contributed by atoms with Crippen molar-refractivity contribution in [3.8, 4) is 0 Å². The predicted molar refractivity (Wildman–Crippen MR) is 79.1 cm³/mol. The van der Waals surface area contributed by atoms with Crippen molar-refractivity contribution < 1.29 is 4.39 Å². The van der Waals surface area contributed by atoms with Crippen LogP contribution >= 0.6 is 11.8 Å². The van der Waals surface area contributed by atoms with E-state index in [1.807, 2.05) is 25.1 Å². The number of aryl methyl sites for hydroxylation is 1. The Balaban J connectivity index is 2.17. The fourth-order valence-corrected chi connectivity index (χ4v) is 2.91. The summed E-state index contributed by atoms with van der Waals surface area (Å²) in [4.78, 5) is 2.08. The lowest BCUT2D eigenvalue weighted by molar-refractivity contribution is 0.617. The number of hydrogen-bond acceptors (Lipinski definition) is 2. The molecule has 19 heavy (non-hydrogen) atoms. The van der Waals surface area contributed by atoms with Crippen LogP contribution in [0.15, 0.2) is 52.3 Å². The molecule has 0 saturated heterocycles. The summed E-state index contributed by atoms with van der Waals surface area (Å²) in [7, 11) is 0. The van der Waals surface area contributed by atoms with E-state index in [0.29, 0.717) is 6.54 Å². The van der Waals surface area contributed by atoms with Gasteiger partial charge in [0.2, 0.25) is 0 Å². The number of halogens is 1. The van der Waals surface area contributed by atoms with Crippen LogP contribution in [0.4, 0.5) is 4.39 Å². The molecule has 0 saturated carbocycles. The molecule has 0 bridgehead atoms. The Kier molecular flexibility index (Phi) is 5.00. The summed E-state index contributed by atoms with van der Waals surface area (Å²) in [5.74, 6) is -0.175. The highest BCUT2D eigenvalue weighted by Crippen LogP contribution is 2.29. The van der Waals surface area contributed by atoms with E-state index in [1.165, 1.54) is 5.56 Å². The summed E-state index contributed by atoms with van der Waals surface area (Å²) in [5, 5.41) is 3.22. The Morgan fingerprint density at radius 2 is 1.95 bits per heavy atom. The van der Waals surface area contributed by atoms with Crippen molar-refractivity contribution in [2.24, 2.45) is 0 Å². The fraction of sp³-hybridized carbons (Fsp3) is 0.250. The van der Waals surface area contributed by atoms with E-state index in [-0.39, 0.29) is 5.82 Å². The third kappa shape index (κ3) is 4.37. The lowest BCUT2D eigenvalue weighted by atomic mass is 10.2. The first-order valence-electron chi connectivity index (χ1n) is 6.42. The van der Waals surface area contributed by atoms with Gasteiger partial charge in [0.05, 0.1) is 0 Å². The minimum absolute atomic E-state index is 0.175. The number of rotatable bonds is 5. The molecule has 0 atom stereocenters. The van der Waals surface area contributed by atoms with E-state index in [1.54, 1.807) is 23.9 Å². The first kappa shape index (κ1) is 14.1. The lowest BCUT2D eigenvalue weighted by Gasteiger charge is -2.07. The van der Waals surface area contributed by atoms with E-state index in [2.05, 4.69) is 24.4 Å². The summed E-state index contributed by atoms with van der Waals surface area (Å²) in [6, 6.07) is 13.5. The topological polar surface area (TPSA) is 12.0 Å². The Morgan fingerprint density at radius 1 is 1.11 bits per heavy atom. The van der Waals surface area contributed by atoms with Gasteiger partial charge in [0, 0.05) is 16.3 Å². The Labute approximate surface area is 118 Å². The molecule has 0 radical (unpaired) electrons. The van der Waals surface area contributed by atoms with Gasteiger partial charge in [0.25, 0.3) is 0 Å². The molecule has 1 N–H and O–H groups in total. The molecule has 0 aromatic heterocycles. The molecular formula is C16H18FNS. The third-order valence-electron chi connectivity index (χ3n) is 2.74. The number of benzene rings is 2. The van der Waals surface area contributed by atoms with E-state index in [9.17, 15) is 4.39 Å². The van der Waals surface area contributed by atoms with Crippen LogP contribution in [0.25, 0.3) is 0 Å². The maximum Gasteiger partial charge on any atom is 0.124 e. The maximum atomic E-state index is 13.6. The predicted octanol–water partition coefficient (Wildman–Crippen LogP) is 4.39. The van der Waals surface area contributed by atoms with Gasteiger partial charge in [0.15, 0.2) is 0 Å². The molecule has 3 heteroatoms. The van der Waals surface area contributed by atoms with Gasteiger partial charge < -0.3 is 5.32 Å². The molecule has 0 aliphatic carbocycles. The van der Waals surface area contributed by atoms with Crippen molar-refractivity contribution in [1.29, 1.82) is 0 Å². The van der Waals surface area contributed by atoms with Crippen molar-refractivity contribution in [1.82, 2.24) is 5.32 Å². The van der Waals surface area contributed by atoms with Gasteiger partial charge in [-0.15, -0.1) is 0 Å². The molecule has 0 aliphatic rings.